The van der Waals surface area contributed by atoms with Crippen molar-refractivity contribution in [1.29, 1.82) is 0 Å². The second-order valence-corrected chi connectivity index (χ2v) is 5.76. The second kappa shape index (κ2) is 7.78. The van der Waals surface area contributed by atoms with Crippen molar-refractivity contribution in [3.05, 3.63) is 29.8 Å². The Hall–Kier alpha value is -0.470. The Morgan fingerprint density at radius 2 is 1.82 bits per heavy atom. The summed E-state index contributed by atoms with van der Waals surface area (Å²) in [5, 5.41) is 3.59. The number of hydrogen-bond donors (Lipinski definition) is 1. The van der Waals surface area contributed by atoms with Gasteiger partial charge in [-0.3, -0.25) is 0 Å². The maximum absolute atomic E-state index is 3.59. The Bertz CT molecular complexity index is 307. The lowest BCUT2D eigenvalue weighted by atomic mass is 10.0. The molecule has 0 heterocycles. The van der Waals surface area contributed by atoms with E-state index in [2.05, 4.69) is 56.6 Å². The van der Waals surface area contributed by atoms with Crippen molar-refractivity contribution >= 4 is 11.8 Å². The molecule has 0 aliphatic heterocycles. The molecule has 1 N–H and O–H groups in total. The molecule has 0 fully saturated rings. The first-order chi connectivity index (χ1) is 8.15. The summed E-state index contributed by atoms with van der Waals surface area (Å²) in [6, 6.07) is 9.43. The molecular weight excluding hydrogens is 226 g/mol. The number of rotatable bonds is 7. The van der Waals surface area contributed by atoms with Gasteiger partial charge in [0.15, 0.2) is 0 Å². The van der Waals surface area contributed by atoms with Crippen LogP contribution in [0.15, 0.2) is 29.2 Å². The predicted octanol–water partition coefficient (Wildman–Crippen LogP) is 4.32. The molecule has 1 aromatic carbocycles. The smallest absolute Gasteiger partial charge is 0.0207 e. The van der Waals surface area contributed by atoms with Crippen molar-refractivity contribution in [3.8, 4) is 0 Å². The van der Waals surface area contributed by atoms with E-state index in [4.69, 9.17) is 0 Å². The summed E-state index contributed by atoms with van der Waals surface area (Å²) in [6.07, 6.45) is 4.65. The van der Waals surface area contributed by atoms with E-state index in [1.165, 1.54) is 23.3 Å². The largest absolute Gasteiger partial charge is 0.310 e. The van der Waals surface area contributed by atoms with Crippen LogP contribution in [0.25, 0.3) is 0 Å². The van der Waals surface area contributed by atoms with Gasteiger partial charge in [0.05, 0.1) is 0 Å². The third-order valence-electron chi connectivity index (χ3n) is 3.27. The van der Waals surface area contributed by atoms with Crippen LogP contribution in [-0.2, 0) is 6.54 Å². The van der Waals surface area contributed by atoms with Crippen LogP contribution in [0.1, 0.15) is 39.2 Å². The van der Waals surface area contributed by atoms with E-state index in [1.54, 1.807) is 11.8 Å². The van der Waals surface area contributed by atoms with Crippen LogP contribution in [0.4, 0.5) is 0 Å². The van der Waals surface area contributed by atoms with Gasteiger partial charge >= 0.3 is 0 Å². The summed E-state index contributed by atoms with van der Waals surface area (Å²) in [5.74, 6) is 0.816. The minimum atomic E-state index is 0.602. The number of hydrogen-bond acceptors (Lipinski definition) is 2. The van der Waals surface area contributed by atoms with Crippen molar-refractivity contribution in [2.45, 2.75) is 51.1 Å². The van der Waals surface area contributed by atoms with Crippen LogP contribution in [0.2, 0.25) is 0 Å². The third-order valence-corrected chi connectivity index (χ3v) is 4.01. The average molecular weight is 251 g/mol. The van der Waals surface area contributed by atoms with Crippen LogP contribution < -0.4 is 5.32 Å². The van der Waals surface area contributed by atoms with Crippen LogP contribution in [0.5, 0.6) is 0 Å². The zero-order valence-corrected chi connectivity index (χ0v) is 12.3. The molecular formula is C15H25NS. The van der Waals surface area contributed by atoms with Gasteiger partial charge in [-0.25, -0.2) is 0 Å². The van der Waals surface area contributed by atoms with Gasteiger partial charge in [-0.2, -0.15) is 0 Å². The molecule has 17 heavy (non-hydrogen) atoms. The maximum atomic E-state index is 3.59. The number of nitrogens with one attached hydrogen (secondary N) is 1. The summed E-state index contributed by atoms with van der Waals surface area (Å²) in [5.41, 5.74) is 1.37. The lowest BCUT2D eigenvalue weighted by Gasteiger charge is -2.17. The molecule has 0 aromatic heterocycles. The molecule has 0 bridgehead atoms. The van der Waals surface area contributed by atoms with Crippen molar-refractivity contribution in [3.63, 3.8) is 0 Å². The Morgan fingerprint density at radius 3 is 2.35 bits per heavy atom. The molecule has 0 amide bonds. The molecule has 0 saturated carbocycles. The van der Waals surface area contributed by atoms with E-state index in [1.807, 2.05) is 0 Å². The quantitative estimate of drug-likeness (QED) is 0.724. The molecule has 2 heteroatoms. The molecule has 0 radical (unpaired) electrons. The molecule has 0 aliphatic carbocycles. The van der Waals surface area contributed by atoms with E-state index in [-0.39, 0.29) is 0 Å². The summed E-state index contributed by atoms with van der Waals surface area (Å²) in [4.78, 5) is 1.33. The van der Waals surface area contributed by atoms with Crippen molar-refractivity contribution in [2.75, 3.05) is 6.26 Å². The SMILES string of the molecule is CCC(C)CC(C)NCc1ccc(SC)cc1. The van der Waals surface area contributed by atoms with Crippen LogP contribution >= 0.6 is 11.8 Å². The Labute approximate surface area is 110 Å². The third kappa shape index (κ3) is 5.60. The fourth-order valence-electron chi connectivity index (χ4n) is 1.89. The fourth-order valence-corrected chi connectivity index (χ4v) is 2.30. The second-order valence-electron chi connectivity index (χ2n) is 4.88. The molecule has 96 valence electrons. The van der Waals surface area contributed by atoms with E-state index in [0.29, 0.717) is 6.04 Å². The molecule has 0 spiro atoms. The van der Waals surface area contributed by atoms with E-state index < -0.39 is 0 Å². The van der Waals surface area contributed by atoms with Gasteiger partial charge in [-0.1, -0.05) is 32.4 Å². The summed E-state index contributed by atoms with van der Waals surface area (Å²) in [6.45, 7) is 7.85. The highest BCUT2D eigenvalue weighted by Crippen LogP contribution is 2.15. The average Bonchev–Trinajstić information content (AvgIpc) is 2.36. The van der Waals surface area contributed by atoms with Gasteiger partial charge in [0, 0.05) is 17.5 Å². The summed E-state index contributed by atoms with van der Waals surface area (Å²) < 4.78 is 0. The summed E-state index contributed by atoms with van der Waals surface area (Å²) in [7, 11) is 0. The minimum absolute atomic E-state index is 0.602. The summed E-state index contributed by atoms with van der Waals surface area (Å²) >= 11 is 1.79. The highest BCUT2D eigenvalue weighted by atomic mass is 32.2. The molecule has 1 aromatic rings. The predicted molar refractivity (Wildman–Crippen MR) is 78.6 cm³/mol. The Morgan fingerprint density at radius 1 is 1.18 bits per heavy atom. The van der Waals surface area contributed by atoms with Gasteiger partial charge in [0.25, 0.3) is 0 Å². The van der Waals surface area contributed by atoms with E-state index >= 15 is 0 Å². The Balaban J connectivity index is 2.34. The van der Waals surface area contributed by atoms with Gasteiger partial charge in [0.1, 0.15) is 0 Å². The molecule has 2 unspecified atom stereocenters. The molecule has 0 aliphatic rings. The minimum Gasteiger partial charge on any atom is -0.310 e. The number of benzene rings is 1. The van der Waals surface area contributed by atoms with Crippen LogP contribution in [-0.4, -0.2) is 12.3 Å². The number of thioether (sulfide) groups is 1. The van der Waals surface area contributed by atoms with Gasteiger partial charge in [-0.05, 0) is 43.2 Å². The molecule has 0 saturated heterocycles. The first-order valence-corrected chi connectivity index (χ1v) is 7.74. The van der Waals surface area contributed by atoms with Crippen molar-refractivity contribution in [2.24, 2.45) is 5.92 Å². The topological polar surface area (TPSA) is 12.0 Å². The highest BCUT2D eigenvalue weighted by molar-refractivity contribution is 7.98. The molecule has 1 rings (SSSR count). The lowest BCUT2D eigenvalue weighted by Crippen LogP contribution is -2.27. The molecule has 1 nitrogen and oxygen atoms in total. The zero-order valence-electron chi connectivity index (χ0n) is 11.5. The first kappa shape index (κ1) is 14.6. The first-order valence-electron chi connectivity index (χ1n) is 6.52. The normalized spacial score (nSPS) is 14.6. The van der Waals surface area contributed by atoms with E-state index in [0.717, 1.165) is 12.5 Å². The Kier molecular flexibility index (Phi) is 6.68. The lowest BCUT2D eigenvalue weighted by molar-refractivity contribution is 0.412. The standard InChI is InChI=1S/C15H25NS/c1-5-12(2)10-13(3)16-11-14-6-8-15(17-4)9-7-14/h6-9,12-13,16H,5,10-11H2,1-4H3. The molecule has 2 atom stereocenters. The van der Waals surface area contributed by atoms with Crippen LogP contribution in [0, 0.1) is 5.92 Å². The van der Waals surface area contributed by atoms with Crippen molar-refractivity contribution < 1.29 is 0 Å². The van der Waals surface area contributed by atoms with E-state index in [9.17, 15) is 0 Å². The van der Waals surface area contributed by atoms with Gasteiger partial charge in [-0.15, -0.1) is 11.8 Å². The van der Waals surface area contributed by atoms with Crippen LogP contribution in [0.3, 0.4) is 0 Å². The van der Waals surface area contributed by atoms with Gasteiger partial charge < -0.3 is 5.32 Å². The van der Waals surface area contributed by atoms with Gasteiger partial charge in [0.2, 0.25) is 0 Å². The maximum Gasteiger partial charge on any atom is 0.0207 e. The monoisotopic (exact) mass is 251 g/mol. The zero-order chi connectivity index (χ0) is 12.7. The fraction of sp³-hybridized carbons (Fsp3) is 0.600. The van der Waals surface area contributed by atoms with Crippen molar-refractivity contribution in [1.82, 2.24) is 5.32 Å². The highest BCUT2D eigenvalue weighted by Gasteiger charge is 2.06.